The molecule has 0 amide bonds. The van der Waals surface area contributed by atoms with Crippen molar-refractivity contribution in [3.8, 4) is 0 Å². The SMILES string of the molecule is C=C[CH2][Pd][P](OC(C)=O)(c1ccccc1C)(c1ccccc1C)c1ccccc1C. The van der Waals surface area contributed by atoms with Crippen molar-refractivity contribution in [3.63, 3.8) is 0 Å². The van der Waals surface area contributed by atoms with Crippen LogP contribution in [0.3, 0.4) is 0 Å². The molecule has 160 valence electrons. The molecule has 0 bridgehead atoms. The summed E-state index contributed by atoms with van der Waals surface area (Å²) in [7, 11) is 0. The van der Waals surface area contributed by atoms with Crippen LogP contribution < -0.4 is 15.9 Å². The first-order valence-electron chi connectivity index (χ1n) is 9.93. The average molecular weight is 511 g/mol. The molecule has 0 aromatic heterocycles. The Morgan fingerprint density at radius 3 is 1.50 bits per heavy atom. The number of carbonyl (C=O) groups is 1. The molecule has 0 atom stereocenters. The Bertz CT molecular complexity index is 976. The van der Waals surface area contributed by atoms with Gasteiger partial charge in [0.15, 0.2) is 0 Å². The molecule has 4 heteroatoms. The third-order valence-electron chi connectivity index (χ3n) is 5.23. The van der Waals surface area contributed by atoms with E-state index in [1.807, 2.05) is 24.3 Å². The average Bonchev–Trinajstić information content (AvgIpc) is 2.72. The van der Waals surface area contributed by atoms with Gasteiger partial charge in [0.25, 0.3) is 0 Å². The Hall–Kier alpha value is -2.04. The minimum absolute atomic E-state index is 0.0739. The second kappa shape index (κ2) is 8.99. The number of carbonyl (C=O) groups excluding carboxylic acids is 1. The summed E-state index contributed by atoms with van der Waals surface area (Å²) in [5.41, 5.74) is 3.43. The molecule has 3 rings (SSSR count). The molecule has 0 N–H and O–H groups in total. The Morgan fingerprint density at radius 2 is 1.20 bits per heavy atom. The van der Waals surface area contributed by atoms with E-state index in [1.165, 1.54) is 6.92 Å². The van der Waals surface area contributed by atoms with Crippen LogP contribution in [0.15, 0.2) is 85.5 Å². The van der Waals surface area contributed by atoms with E-state index in [0.717, 1.165) is 37.5 Å². The van der Waals surface area contributed by atoms with Crippen molar-refractivity contribution in [1.82, 2.24) is 0 Å². The molecule has 0 aliphatic heterocycles. The van der Waals surface area contributed by atoms with Gasteiger partial charge in [0.1, 0.15) is 0 Å². The maximum absolute atomic E-state index is 12.9. The first kappa shape index (κ1) is 22.6. The van der Waals surface area contributed by atoms with Gasteiger partial charge < -0.3 is 0 Å². The molecule has 0 saturated carbocycles. The molecule has 0 heterocycles. The summed E-state index contributed by atoms with van der Waals surface area (Å²) in [6.07, 6.45) is 1.95. The van der Waals surface area contributed by atoms with Crippen LogP contribution in [0, 0.1) is 20.8 Å². The zero-order valence-corrected chi connectivity index (χ0v) is 20.4. The molecular formula is C26H29O2PPd. The summed E-state index contributed by atoms with van der Waals surface area (Å²) in [5.74, 6) is -0.245. The number of rotatable bonds is 7. The molecule has 3 aromatic rings. The van der Waals surface area contributed by atoms with Crippen molar-refractivity contribution in [2.24, 2.45) is 0 Å². The number of aryl methyl sites for hydroxylation is 3. The monoisotopic (exact) mass is 510 g/mol. The number of hydrogen-bond acceptors (Lipinski definition) is 2. The standard InChI is InChI=1S/C23H24O2P.C3H5.Pd/c1-17-11-5-8-14-21(17)26(25-20(4)24,22-15-9-6-12-18(22)2)23-16-10-7-13-19(23)3;1-3-2;/h5-16H,1-4H3;3H,1-2H2;/q+1;;-1. The molecule has 0 saturated heterocycles. The van der Waals surface area contributed by atoms with Crippen molar-refractivity contribution in [1.29, 1.82) is 0 Å². The van der Waals surface area contributed by atoms with Crippen molar-refractivity contribution in [3.05, 3.63) is 102 Å². The van der Waals surface area contributed by atoms with Gasteiger partial charge in [-0.05, 0) is 0 Å². The summed E-state index contributed by atoms with van der Waals surface area (Å²) in [4.78, 5) is 13.7. The van der Waals surface area contributed by atoms with Gasteiger partial charge in [0, 0.05) is 0 Å². The Morgan fingerprint density at radius 1 is 0.833 bits per heavy atom. The summed E-state index contributed by atoms with van der Waals surface area (Å²) < 4.78 is 6.79. The van der Waals surface area contributed by atoms with E-state index in [9.17, 15) is 4.79 Å². The molecule has 0 fully saturated rings. The van der Waals surface area contributed by atoms with E-state index >= 15 is 0 Å². The van der Waals surface area contributed by atoms with Crippen LogP contribution in [0.2, 0.25) is 4.89 Å². The van der Waals surface area contributed by atoms with Crippen LogP contribution in [0.1, 0.15) is 23.6 Å². The van der Waals surface area contributed by atoms with Crippen molar-refractivity contribution in [2.45, 2.75) is 32.6 Å². The first-order chi connectivity index (χ1) is 14.4. The zero-order chi connectivity index (χ0) is 21.8. The normalized spacial score (nSPS) is 12.7. The topological polar surface area (TPSA) is 26.3 Å². The molecule has 0 spiro atoms. The van der Waals surface area contributed by atoms with Gasteiger partial charge in [-0.2, -0.15) is 0 Å². The summed E-state index contributed by atoms with van der Waals surface area (Å²) in [5, 5.41) is -0.176. The molecule has 3 aromatic carbocycles. The molecule has 2 nitrogen and oxygen atoms in total. The van der Waals surface area contributed by atoms with Crippen LogP contribution in [0.25, 0.3) is 0 Å². The van der Waals surface area contributed by atoms with E-state index in [0.29, 0.717) is 0 Å². The van der Waals surface area contributed by atoms with Crippen LogP contribution in [-0.2, 0) is 26.8 Å². The summed E-state index contributed by atoms with van der Waals surface area (Å²) >= 11 is 0.0739. The fourth-order valence-electron chi connectivity index (χ4n) is 4.09. The molecular weight excluding hydrogens is 482 g/mol. The van der Waals surface area contributed by atoms with Crippen molar-refractivity contribution >= 4 is 26.9 Å². The van der Waals surface area contributed by atoms with Gasteiger partial charge >= 0.3 is 188 Å². The minimum atomic E-state index is -3.59. The van der Waals surface area contributed by atoms with Crippen LogP contribution >= 0.6 is 5.02 Å². The molecule has 30 heavy (non-hydrogen) atoms. The third kappa shape index (κ3) is 3.61. The Labute approximate surface area is 188 Å². The Kier molecular flexibility index (Phi) is 6.79. The fourth-order valence-corrected chi connectivity index (χ4v) is 18.4. The fraction of sp³-hybridized carbons (Fsp3) is 0.192. The number of benzene rings is 3. The quantitative estimate of drug-likeness (QED) is 0.238. The Balaban J connectivity index is 2.67. The predicted octanol–water partition coefficient (Wildman–Crippen LogP) is 5.52. The second-order valence-electron chi connectivity index (χ2n) is 7.34. The van der Waals surface area contributed by atoms with E-state index in [4.69, 9.17) is 4.52 Å². The molecule has 0 aliphatic carbocycles. The summed E-state index contributed by atoms with van der Waals surface area (Å²) in [6.45, 7) is 11.9. The van der Waals surface area contributed by atoms with Gasteiger partial charge in [-0.1, -0.05) is 0 Å². The van der Waals surface area contributed by atoms with E-state index in [-0.39, 0.29) is 23.5 Å². The van der Waals surface area contributed by atoms with Gasteiger partial charge in [-0.25, -0.2) is 0 Å². The van der Waals surface area contributed by atoms with E-state index < -0.39 is 5.02 Å². The molecule has 0 radical (unpaired) electrons. The summed E-state index contributed by atoms with van der Waals surface area (Å²) in [6, 6.07) is 25.2. The second-order valence-corrected chi connectivity index (χ2v) is 17.0. The number of allylic oxidation sites excluding steroid dienone is 1. The van der Waals surface area contributed by atoms with Crippen molar-refractivity contribution in [2.75, 3.05) is 0 Å². The zero-order valence-electron chi connectivity index (χ0n) is 18.0. The van der Waals surface area contributed by atoms with Crippen LogP contribution in [0.5, 0.6) is 0 Å². The maximum atomic E-state index is 12.9. The molecule has 0 aliphatic rings. The van der Waals surface area contributed by atoms with E-state index in [2.05, 4.69) is 81.9 Å². The van der Waals surface area contributed by atoms with Gasteiger partial charge in [-0.3, -0.25) is 0 Å². The first-order valence-corrected chi connectivity index (χ1v) is 15.1. The third-order valence-corrected chi connectivity index (χ3v) is 18.2. The van der Waals surface area contributed by atoms with Gasteiger partial charge in [-0.15, -0.1) is 0 Å². The van der Waals surface area contributed by atoms with E-state index in [1.54, 1.807) is 0 Å². The van der Waals surface area contributed by atoms with Crippen LogP contribution in [-0.4, -0.2) is 5.97 Å². The van der Waals surface area contributed by atoms with Gasteiger partial charge in [0.2, 0.25) is 0 Å². The predicted molar refractivity (Wildman–Crippen MR) is 126 cm³/mol. The van der Waals surface area contributed by atoms with Crippen LogP contribution in [0.4, 0.5) is 0 Å². The molecule has 0 unspecified atom stereocenters. The number of hydrogen-bond donors (Lipinski definition) is 0. The van der Waals surface area contributed by atoms with Gasteiger partial charge in [0.05, 0.1) is 0 Å². The van der Waals surface area contributed by atoms with Crippen molar-refractivity contribution < 1.29 is 26.8 Å².